The van der Waals surface area contributed by atoms with Crippen molar-refractivity contribution in [3.05, 3.63) is 0 Å². The Morgan fingerprint density at radius 3 is 1.71 bits per heavy atom. The van der Waals surface area contributed by atoms with Gasteiger partial charge in [0.1, 0.15) is 6.29 Å². The Balaban J connectivity index is -0.000000101. The van der Waals surface area contributed by atoms with Crippen molar-refractivity contribution in [1.29, 1.82) is 0 Å². The van der Waals surface area contributed by atoms with E-state index in [2.05, 4.69) is 6.92 Å². The Kier molecular flexibility index (Phi) is 30.2. The summed E-state index contributed by atoms with van der Waals surface area (Å²) in [6, 6.07) is 0. The molecule has 0 heterocycles. The van der Waals surface area contributed by atoms with Gasteiger partial charge in [0.15, 0.2) is 0 Å². The smallest absolute Gasteiger partial charge is 1.00 e. The van der Waals surface area contributed by atoms with Gasteiger partial charge in [-0.2, -0.15) is 0 Å². The zero-order chi connectivity index (χ0) is 9.07. The summed E-state index contributed by atoms with van der Waals surface area (Å²) in [4.78, 5) is 9.98. The molecular formula is C11H24Na2O. The molecule has 0 aromatic carbocycles. The summed E-state index contributed by atoms with van der Waals surface area (Å²) in [6.07, 6.45) is 12.3. The van der Waals surface area contributed by atoms with Gasteiger partial charge in [0.05, 0.1) is 0 Å². The first-order chi connectivity index (χ1) is 5.91. The van der Waals surface area contributed by atoms with Crippen LogP contribution < -0.4 is 59.1 Å². The fraction of sp³-hybridized carbons (Fsp3) is 0.909. The van der Waals surface area contributed by atoms with E-state index in [-0.39, 0.29) is 62.0 Å². The summed E-state index contributed by atoms with van der Waals surface area (Å²) in [5, 5.41) is 0. The predicted molar refractivity (Wildman–Crippen MR) is 55.5 cm³/mol. The molecule has 0 radical (unpaired) electrons. The van der Waals surface area contributed by atoms with Crippen molar-refractivity contribution in [2.75, 3.05) is 0 Å². The number of unbranched alkanes of at least 4 members (excludes halogenated alkanes) is 8. The van der Waals surface area contributed by atoms with Crippen LogP contribution in [0.1, 0.15) is 67.6 Å². The molecule has 0 rings (SSSR count). The molecule has 0 aliphatic heterocycles. The van der Waals surface area contributed by atoms with Crippen molar-refractivity contribution < 1.29 is 66.8 Å². The van der Waals surface area contributed by atoms with Crippen molar-refractivity contribution in [2.24, 2.45) is 0 Å². The van der Waals surface area contributed by atoms with Crippen molar-refractivity contribution in [3.8, 4) is 0 Å². The Morgan fingerprint density at radius 1 is 0.857 bits per heavy atom. The summed E-state index contributed by atoms with van der Waals surface area (Å²) >= 11 is 0. The molecule has 0 unspecified atom stereocenters. The van der Waals surface area contributed by atoms with Gasteiger partial charge in [0.2, 0.25) is 0 Å². The number of carbonyl (C=O) groups is 1. The maximum Gasteiger partial charge on any atom is 1.00 e. The van der Waals surface area contributed by atoms with E-state index in [1.807, 2.05) is 0 Å². The van der Waals surface area contributed by atoms with Crippen LogP contribution in [0, 0.1) is 0 Å². The molecule has 0 aromatic heterocycles. The van der Waals surface area contributed by atoms with Crippen LogP contribution in [0.15, 0.2) is 0 Å². The van der Waals surface area contributed by atoms with Crippen LogP contribution in [0.5, 0.6) is 0 Å². The quantitative estimate of drug-likeness (QED) is 0.247. The maximum absolute atomic E-state index is 9.98. The summed E-state index contributed by atoms with van der Waals surface area (Å²) in [6.45, 7) is 2.24. The van der Waals surface area contributed by atoms with Gasteiger partial charge in [-0.25, -0.2) is 0 Å². The normalized spacial score (nSPS) is 8.64. The van der Waals surface area contributed by atoms with Crippen LogP contribution in [0.3, 0.4) is 0 Å². The second-order valence-corrected chi connectivity index (χ2v) is 3.43. The molecule has 76 valence electrons. The fourth-order valence-corrected chi connectivity index (χ4v) is 1.36. The summed E-state index contributed by atoms with van der Waals surface area (Å²) < 4.78 is 0. The largest absolute Gasteiger partial charge is 1.00 e. The molecule has 0 aromatic rings. The molecule has 14 heavy (non-hydrogen) atoms. The van der Waals surface area contributed by atoms with Crippen LogP contribution in [0.4, 0.5) is 0 Å². The first-order valence-corrected chi connectivity index (χ1v) is 5.35. The second kappa shape index (κ2) is 20.1. The van der Waals surface area contributed by atoms with Crippen LogP contribution in [0.25, 0.3) is 0 Å². The van der Waals surface area contributed by atoms with Gasteiger partial charge in [0, 0.05) is 6.42 Å². The third-order valence-electron chi connectivity index (χ3n) is 2.18. The third kappa shape index (κ3) is 19.3. The molecule has 0 aliphatic carbocycles. The van der Waals surface area contributed by atoms with Crippen LogP contribution in [0.2, 0.25) is 0 Å². The first kappa shape index (κ1) is 21.0. The zero-order valence-corrected chi connectivity index (χ0v) is 14.3. The Morgan fingerprint density at radius 2 is 1.29 bits per heavy atom. The van der Waals surface area contributed by atoms with E-state index in [9.17, 15) is 4.79 Å². The Hall–Kier alpha value is 1.67. The number of aldehydes is 1. The number of hydrogen-bond acceptors (Lipinski definition) is 1. The Labute approximate surface area is 136 Å². The van der Waals surface area contributed by atoms with Crippen molar-refractivity contribution in [1.82, 2.24) is 0 Å². The van der Waals surface area contributed by atoms with E-state index >= 15 is 0 Å². The van der Waals surface area contributed by atoms with Gasteiger partial charge in [0.25, 0.3) is 0 Å². The van der Waals surface area contributed by atoms with E-state index in [4.69, 9.17) is 0 Å². The Bertz CT molecular complexity index is 106. The zero-order valence-electron chi connectivity index (χ0n) is 12.3. The van der Waals surface area contributed by atoms with Crippen molar-refractivity contribution in [3.63, 3.8) is 0 Å². The number of carbonyl (C=O) groups excluding carboxylic acids is 1. The van der Waals surface area contributed by atoms with Gasteiger partial charge < -0.3 is 7.65 Å². The van der Waals surface area contributed by atoms with Crippen molar-refractivity contribution in [2.45, 2.75) is 64.7 Å². The van der Waals surface area contributed by atoms with E-state index in [1.54, 1.807) is 0 Å². The topological polar surface area (TPSA) is 17.1 Å². The standard InChI is InChI=1S/C11H22O.2Na.2H/c1-2-3-4-5-6-7-8-9-10-11-12;;;;/h11H,2-10H2,1H3;;;;/q;2*+1;2*-1. The monoisotopic (exact) mass is 218 g/mol. The van der Waals surface area contributed by atoms with E-state index in [0.29, 0.717) is 0 Å². The molecule has 0 amide bonds. The van der Waals surface area contributed by atoms with Crippen LogP contribution >= 0.6 is 0 Å². The summed E-state index contributed by atoms with van der Waals surface area (Å²) in [5.74, 6) is 0. The molecule has 0 atom stereocenters. The summed E-state index contributed by atoms with van der Waals surface area (Å²) in [5.41, 5.74) is 0. The molecule has 0 bridgehead atoms. The molecule has 0 N–H and O–H groups in total. The molecular weight excluding hydrogens is 194 g/mol. The minimum atomic E-state index is 0. The molecule has 3 heteroatoms. The van der Waals surface area contributed by atoms with E-state index in [0.717, 1.165) is 19.1 Å². The van der Waals surface area contributed by atoms with Gasteiger partial charge in [-0.15, -0.1) is 0 Å². The predicted octanol–water partition coefficient (Wildman–Crippen LogP) is -2.05. The summed E-state index contributed by atoms with van der Waals surface area (Å²) in [7, 11) is 0. The average molecular weight is 218 g/mol. The van der Waals surface area contributed by atoms with Crippen LogP contribution in [-0.2, 0) is 4.79 Å². The minimum Gasteiger partial charge on any atom is -1.00 e. The fourth-order valence-electron chi connectivity index (χ4n) is 1.36. The van der Waals surface area contributed by atoms with E-state index < -0.39 is 0 Å². The van der Waals surface area contributed by atoms with Gasteiger partial charge >= 0.3 is 59.1 Å². The second-order valence-electron chi connectivity index (χ2n) is 3.43. The molecule has 0 aliphatic rings. The average Bonchev–Trinajstić information content (AvgIpc) is 2.10. The van der Waals surface area contributed by atoms with Crippen LogP contribution in [-0.4, -0.2) is 6.29 Å². The molecule has 0 saturated carbocycles. The first-order valence-electron chi connectivity index (χ1n) is 5.35. The number of rotatable bonds is 9. The molecule has 0 saturated heterocycles. The van der Waals surface area contributed by atoms with Gasteiger partial charge in [-0.3, -0.25) is 0 Å². The van der Waals surface area contributed by atoms with E-state index in [1.165, 1.54) is 44.9 Å². The maximum atomic E-state index is 9.98. The van der Waals surface area contributed by atoms with Gasteiger partial charge in [-0.05, 0) is 6.42 Å². The van der Waals surface area contributed by atoms with Crippen molar-refractivity contribution >= 4 is 6.29 Å². The number of hydrogen-bond donors (Lipinski definition) is 0. The molecule has 0 fully saturated rings. The molecule has 0 spiro atoms. The molecule has 1 nitrogen and oxygen atoms in total. The minimum absolute atomic E-state index is 0. The SMILES string of the molecule is CCCCCCCCCCC=O.[H-].[H-].[Na+].[Na+]. The third-order valence-corrected chi connectivity index (χ3v) is 2.18. The van der Waals surface area contributed by atoms with Gasteiger partial charge in [-0.1, -0.05) is 51.9 Å².